The average Bonchev–Trinajstić information content (AvgIpc) is 3.49. The third-order valence-electron chi connectivity index (χ3n) is 6.13. The van der Waals surface area contributed by atoms with Crippen LogP contribution in [0, 0.1) is 0 Å². The van der Waals surface area contributed by atoms with Crippen molar-refractivity contribution in [2.45, 2.75) is 24.7 Å². The summed E-state index contributed by atoms with van der Waals surface area (Å²) in [6.45, 7) is 0.232. The van der Waals surface area contributed by atoms with Crippen LogP contribution in [0.5, 0.6) is 17.2 Å². The number of methoxy groups -OCH3 is 1. The Morgan fingerprint density at radius 1 is 1.06 bits per heavy atom. The molecule has 0 amide bonds. The third-order valence-corrected chi connectivity index (χ3v) is 6.13. The van der Waals surface area contributed by atoms with Crippen molar-refractivity contribution in [2.24, 2.45) is 0 Å². The standard InChI is InChI=1S/C25H24N2O4/c1-27(19-7-3-4-8-20(19)29-2)24-9-5-6-18(26-24)15-23(28)25(12-13-25)17-10-11-21-22(14-17)31-16-30-21/h3-11,14H,12-13,15-16H2,1-2H3. The summed E-state index contributed by atoms with van der Waals surface area (Å²) < 4.78 is 16.4. The molecule has 3 aromatic rings. The van der Waals surface area contributed by atoms with E-state index in [0.29, 0.717) is 6.42 Å². The van der Waals surface area contributed by atoms with Crippen LogP contribution in [0.3, 0.4) is 0 Å². The molecule has 1 aliphatic heterocycles. The summed E-state index contributed by atoms with van der Waals surface area (Å²) in [5.41, 5.74) is 2.24. The first-order chi connectivity index (χ1) is 15.1. The number of aromatic nitrogens is 1. The van der Waals surface area contributed by atoms with Crippen LogP contribution in [0.4, 0.5) is 11.5 Å². The van der Waals surface area contributed by atoms with Gasteiger partial charge in [-0.1, -0.05) is 24.3 Å². The van der Waals surface area contributed by atoms with E-state index in [2.05, 4.69) is 0 Å². The molecule has 158 valence electrons. The number of ketones is 1. The molecule has 31 heavy (non-hydrogen) atoms. The second-order valence-corrected chi connectivity index (χ2v) is 7.97. The predicted octanol–water partition coefficient (Wildman–Crippen LogP) is 4.43. The minimum Gasteiger partial charge on any atom is -0.495 e. The second-order valence-electron chi connectivity index (χ2n) is 7.97. The first-order valence-corrected chi connectivity index (χ1v) is 10.4. The maximum atomic E-state index is 13.3. The number of hydrogen-bond donors (Lipinski definition) is 0. The van der Waals surface area contributed by atoms with E-state index in [1.165, 1.54) is 0 Å². The van der Waals surface area contributed by atoms with Gasteiger partial charge >= 0.3 is 0 Å². The summed E-state index contributed by atoms with van der Waals surface area (Å²) in [6.07, 6.45) is 2.00. The summed E-state index contributed by atoms with van der Waals surface area (Å²) in [4.78, 5) is 20.0. The second kappa shape index (κ2) is 7.61. The van der Waals surface area contributed by atoms with Crippen LogP contribution in [0.25, 0.3) is 0 Å². The molecule has 0 radical (unpaired) electrons. The zero-order valence-electron chi connectivity index (χ0n) is 17.6. The highest BCUT2D eigenvalue weighted by Gasteiger charge is 2.51. The molecule has 1 aliphatic carbocycles. The minimum atomic E-state index is -0.437. The van der Waals surface area contributed by atoms with Gasteiger partial charge in [-0.2, -0.15) is 0 Å². The molecule has 0 unspecified atom stereocenters. The largest absolute Gasteiger partial charge is 0.495 e. The molecule has 6 heteroatoms. The normalized spacial score (nSPS) is 15.4. The molecule has 1 fully saturated rings. The van der Waals surface area contributed by atoms with Crippen molar-refractivity contribution >= 4 is 17.3 Å². The lowest BCUT2D eigenvalue weighted by molar-refractivity contribution is -0.120. The monoisotopic (exact) mass is 416 g/mol. The Labute approximate surface area is 181 Å². The quantitative estimate of drug-likeness (QED) is 0.568. The van der Waals surface area contributed by atoms with Gasteiger partial charge in [0.25, 0.3) is 0 Å². The van der Waals surface area contributed by atoms with Crippen molar-refractivity contribution in [2.75, 3.05) is 25.9 Å². The van der Waals surface area contributed by atoms with E-state index in [9.17, 15) is 4.79 Å². The maximum Gasteiger partial charge on any atom is 0.231 e. The Morgan fingerprint density at radius 3 is 2.68 bits per heavy atom. The van der Waals surface area contributed by atoms with E-state index < -0.39 is 5.41 Å². The van der Waals surface area contributed by atoms with Crippen LogP contribution >= 0.6 is 0 Å². The zero-order valence-corrected chi connectivity index (χ0v) is 17.6. The van der Waals surface area contributed by atoms with E-state index in [-0.39, 0.29) is 12.6 Å². The SMILES string of the molecule is COc1ccccc1N(C)c1cccc(CC(=O)C2(c3ccc4c(c3)OCO4)CC2)n1. The summed E-state index contributed by atoms with van der Waals surface area (Å²) in [5, 5.41) is 0. The van der Waals surface area contributed by atoms with Gasteiger partial charge in [0, 0.05) is 13.5 Å². The van der Waals surface area contributed by atoms with Crippen molar-refractivity contribution in [3.63, 3.8) is 0 Å². The Kier molecular flexibility index (Phi) is 4.77. The molecule has 6 nitrogen and oxygen atoms in total. The molecule has 0 N–H and O–H groups in total. The molecule has 0 saturated heterocycles. The highest BCUT2D eigenvalue weighted by atomic mass is 16.7. The Bertz CT molecular complexity index is 1140. The van der Waals surface area contributed by atoms with Gasteiger partial charge in [-0.05, 0) is 54.8 Å². The van der Waals surface area contributed by atoms with Gasteiger partial charge in [-0.3, -0.25) is 4.79 Å². The summed E-state index contributed by atoms with van der Waals surface area (Å²) >= 11 is 0. The van der Waals surface area contributed by atoms with E-state index in [0.717, 1.165) is 52.9 Å². The third kappa shape index (κ3) is 3.48. The van der Waals surface area contributed by atoms with Crippen molar-refractivity contribution < 1.29 is 19.0 Å². The zero-order chi connectivity index (χ0) is 21.4. The molecule has 0 bridgehead atoms. The van der Waals surface area contributed by atoms with Crippen molar-refractivity contribution in [1.82, 2.24) is 4.98 Å². The lowest BCUT2D eigenvalue weighted by Crippen LogP contribution is -2.23. The molecule has 0 spiro atoms. The number of fused-ring (bicyclic) bond motifs is 1. The number of pyridine rings is 1. The van der Waals surface area contributed by atoms with E-state index in [4.69, 9.17) is 19.2 Å². The van der Waals surface area contributed by atoms with Crippen LogP contribution in [-0.4, -0.2) is 31.7 Å². The summed E-state index contributed by atoms with van der Waals surface area (Å²) in [7, 11) is 3.60. The molecule has 2 aliphatic rings. The fourth-order valence-electron chi connectivity index (χ4n) is 4.16. The number of benzene rings is 2. The topological polar surface area (TPSA) is 60.9 Å². The van der Waals surface area contributed by atoms with E-state index >= 15 is 0 Å². The summed E-state index contributed by atoms with van der Waals surface area (Å²) in [6, 6.07) is 19.4. The van der Waals surface area contributed by atoms with E-state index in [1.54, 1.807) is 7.11 Å². The number of hydrogen-bond acceptors (Lipinski definition) is 6. The smallest absolute Gasteiger partial charge is 0.231 e. The fraction of sp³-hybridized carbons (Fsp3) is 0.280. The molecule has 1 saturated carbocycles. The van der Waals surface area contributed by atoms with Crippen LogP contribution in [0.2, 0.25) is 0 Å². The first-order valence-electron chi connectivity index (χ1n) is 10.4. The van der Waals surface area contributed by atoms with Gasteiger partial charge in [0.2, 0.25) is 6.79 Å². The molecule has 2 aromatic carbocycles. The predicted molar refractivity (Wildman–Crippen MR) is 117 cm³/mol. The average molecular weight is 416 g/mol. The number of rotatable bonds is 7. The highest BCUT2D eigenvalue weighted by molar-refractivity contribution is 5.94. The van der Waals surface area contributed by atoms with Crippen LogP contribution in [-0.2, 0) is 16.6 Å². The molecular formula is C25H24N2O4. The lowest BCUT2D eigenvalue weighted by atomic mass is 9.88. The van der Waals surface area contributed by atoms with Crippen LogP contribution < -0.4 is 19.1 Å². The highest BCUT2D eigenvalue weighted by Crippen LogP contribution is 2.51. The van der Waals surface area contributed by atoms with E-state index in [1.807, 2.05) is 72.6 Å². The van der Waals surface area contributed by atoms with Gasteiger partial charge in [-0.15, -0.1) is 0 Å². The minimum absolute atomic E-state index is 0.191. The Balaban J connectivity index is 1.37. The van der Waals surface area contributed by atoms with Crippen molar-refractivity contribution in [1.29, 1.82) is 0 Å². The number of para-hydroxylation sites is 2. The molecular weight excluding hydrogens is 392 g/mol. The first kappa shape index (κ1) is 19.4. The van der Waals surface area contributed by atoms with Crippen molar-refractivity contribution in [3.05, 3.63) is 71.9 Å². The number of nitrogens with zero attached hydrogens (tertiary/aromatic N) is 2. The van der Waals surface area contributed by atoms with Crippen LogP contribution in [0.1, 0.15) is 24.1 Å². The summed E-state index contributed by atoms with van der Waals surface area (Å²) in [5.74, 6) is 3.18. The maximum absolute atomic E-state index is 13.3. The fourth-order valence-corrected chi connectivity index (χ4v) is 4.16. The molecule has 5 rings (SSSR count). The Morgan fingerprint density at radius 2 is 1.87 bits per heavy atom. The lowest BCUT2D eigenvalue weighted by Gasteiger charge is -2.21. The van der Waals surface area contributed by atoms with Gasteiger partial charge < -0.3 is 19.1 Å². The number of carbonyl (C=O) groups is 1. The molecule has 0 atom stereocenters. The Hall–Kier alpha value is -3.54. The van der Waals surface area contributed by atoms with Gasteiger partial charge in [0.15, 0.2) is 11.5 Å². The number of anilines is 2. The van der Waals surface area contributed by atoms with Gasteiger partial charge in [-0.25, -0.2) is 4.98 Å². The van der Waals surface area contributed by atoms with Gasteiger partial charge in [0.1, 0.15) is 17.4 Å². The number of Topliss-reactive ketones (excluding diaryl/α,β-unsaturated/α-hetero) is 1. The van der Waals surface area contributed by atoms with Crippen molar-refractivity contribution in [3.8, 4) is 17.2 Å². The molecule has 2 heterocycles. The van der Waals surface area contributed by atoms with Crippen LogP contribution in [0.15, 0.2) is 60.7 Å². The number of carbonyl (C=O) groups excluding carboxylic acids is 1. The van der Waals surface area contributed by atoms with Gasteiger partial charge in [0.05, 0.1) is 23.9 Å². The molecule has 1 aromatic heterocycles. The number of ether oxygens (including phenoxy) is 3.